The summed E-state index contributed by atoms with van der Waals surface area (Å²) in [7, 11) is 0. The lowest BCUT2D eigenvalue weighted by Gasteiger charge is -2.18. The molecule has 2 unspecified atom stereocenters. The topological polar surface area (TPSA) is 69.4 Å². The van der Waals surface area contributed by atoms with Gasteiger partial charge in [-0.25, -0.2) is 0 Å². The summed E-state index contributed by atoms with van der Waals surface area (Å²) < 4.78 is 4.94. The fraction of sp³-hybridized carbons (Fsp3) is 0.818. The number of rotatable bonds is 7. The number of nitrogens with two attached hydrogens (primary N) is 1. The molecule has 2 N–H and O–H groups in total. The van der Waals surface area contributed by atoms with Gasteiger partial charge in [-0.1, -0.05) is 33.6 Å². The Balaban J connectivity index is 4.15. The first-order valence-corrected chi connectivity index (χ1v) is 5.40. The molecule has 4 heteroatoms. The molecule has 0 heterocycles. The smallest absolute Gasteiger partial charge is 0.323 e. The fourth-order valence-corrected chi connectivity index (χ4v) is 1.11. The highest BCUT2D eigenvalue weighted by atomic mass is 16.5. The Bertz CT molecular complexity index is 206. The van der Waals surface area contributed by atoms with Crippen LogP contribution >= 0.6 is 0 Å². The zero-order valence-corrected chi connectivity index (χ0v) is 9.66. The largest absolute Gasteiger partial charge is 0.453 e. The molecule has 0 saturated heterocycles. The number of carbonyl (C=O) groups excluding carboxylic acids is 2. The van der Waals surface area contributed by atoms with Crippen LogP contribution in [-0.4, -0.2) is 24.4 Å². The van der Waals surface area contributed by atoms with Gasteiger partial charge in [0.15, 0.2) is 6.10 Å². The molecule has 0 aromatic heterocycles. The number of esters is 1. The zero-order valence-electron chi connectivity index (χ0n) is 9.66. The van der Waals surface area contributed by atoms with Crippen LogP contribution in [-0.2, 0) is 14.3 Å². The van der Waals surface area contributed by atoms with E-state index in [1.54, 1.807) is 6.29 Å². The summed E-state index contributed by atoms with van der Waals surface area (Å²) in [6.45, 7) is 5.74. The Morgan fingerprint density at radius 2 is 2.07 bits per heavy atom. The van der Waals surface area contributed by atoms with E-state index in [-0.39, 0.29) is 5.92 Å². The number of hydrogen-bond acceptors (Lipinski definition) is 4. The van der Waals surface area contributed by atoms with Gasteiger partial charge in [0.1, 0.15) is 6.04 Å². The van der Waals surface area contributed by atoms with Crippen LogP contribution in [0.2, 0.25) is 0 Å². The fourth-order valence-electron chi connectivity index (χ4n) is 1.11. The molecule has 0 amide bonds. The second-order valence-electron chi connectivity index (χ2n) is 3.74. The van der Waals surface area contributed by atoms with E-state index in [0.29, 0.717) is 6.42 Å². The van der Waals surface area contributed by atoms with Crippen molar-refractivity contribution in [1.29, 1.82) is 0 Å². The third kappa shape index (κ3) is 4.93. The van der Waals surface area contributed by atoms with Gasteiger partial charge in [-0.2, -0.15) is 0 Å². The molecule has 3 atom stereocenters. The van der Waals surface area contributed by atoms with Crippen molar-refractivity contribution in [2.24, 2.45) is 11.7 Å². The molecule has 4 nitrogen and oxygen atoms in total. The summed E-state index contributed by atoms with van der Waals surface area (Å²) in [4.78, 5) is 21.9. The van der Waals surface area contributed by atoms with Gasteiger partial charge in [-0.15, -0.1) is 0 Å². The van der Waals surface area contributed by atoms with Gasteiger partial charge in [0.2, 0.25) is 6.29 Å². The molecule has 0 bridgehead atoms. The number of carbonyl (C=O) groups is 1. The SMILES string of the molecule is CCCC([C]=O)OC(=O)[C@@H](N)C(C)CC. The maximum atomic E-state index is 11.5. The molecule has 0 aliphatic carbocycles. The number of ether oxygens (including phenoxy) is 1. The van der Waals surface area contributed by atoms with E-state index >= 15 is 0 Å². The lowest BCUT2D eigenvalue weighted by molar-refractivity contribution is -0.149. The van der Waals surface area contributed by atoms with E-state index in [9.17, 15) is 9.59 Å². The van der Waals surface area contributed by atoms with Gasteiger partial charge in [0.05, 0.1) is 0 Å². The Morgan fingerprint density at radius 3 is 2.47 bits per heavy atom. The summed E-state index contributed by atoms with van der Waals surface area (Å²) >= 11 is 0. The van der Waals surface area contributed by atoms with Gasteiger partial charge < -0.3 is 10.5 Å². The van der Waals surface area contributed by atoms with Crippen LogP contribution in [0.5, 0.6) is 0 Å². The average Bonchev–Trinajstić information content (AvgIpc) is 2.26. The van der Waals surface area contributed by atoms with E-state index in [4.69, 9.17) is 10.5 Å². The van der Waals surface area contributed by atoms with Crippen LogP contribution in [0.3, 0.4) is 0 Å². The Kier molecular flexibility index (Phi) is 6.96. The van der Waals surface area contributed by atoms with E-state index < -0.39 is 18.1 Å². The highest BCUT2D eigenvalue weighted by Crippen LogP contribution is 2.09. The molecule has 0 rings (SSSR count). The summed E-state index contributed by atoms with van der Waals surface area (Å²) in [5, 5.41) is 0. The van der Waals surface area contributed by atoms with Crippen molar-refractivity contribution in [3.8, 4) is 0 Å². The molecule has 15 heavy (non-hydrogen) atoms. The van der Waals surface area contributed by atoms with Crippen molar-refractivity contribution < 1.29 is 14.3 Å². The van der Waals surface area contributed by atoms with Crippen LogP contribution in [0.25, 0.3) is 0 Å². The highest BCUT2D eigenvalue weighted by Gasteiger charge is 2.23. The minimum absolute atomic E-state index is 0.0615. The third-order valence-electron chi connectivity index (χ3n) is 2.47. The molecule has 0 aliphatic heterocycles. The third-order valence-corrected chi connectivity index (χ3v) is 2.47. The average molecular weight is 214 g/mol. The Hall–Kier alpha value is -0.900. The first-order valence-electron chi connectivity index (χ1n) is 5.40. The minimum atomic E-state index is -0.766. The lowest BCUT2D eigenvalue weighted by Crippen LogP contribution is -2.40. The van der Waals surface area contributed by atoms with Gasteiger partial charge in [0.25, 0.3) is 0 Å². The Labute approximate surface area is 91.2 Å². The van der Waals surface area contributed by atoms with Crippen LogP contribution in [0.1, 0.15) is 40.0 Å². The lowest BCUT2D eigenvalue weighted by atomic mass is 10.0. The number of hydrogen-bond donors (Lipinski definition) is 1. The summed E-state index contributed by atoms with van der Waals surface area (Å²) in [6, 6.07) is -0.650. The molecule has 0 saturated carbocycles. The molecular formula is C11H20NO3. The second kappa shape index (κ2) is 7.40. The summed E-state index contributed by atoms with van der Waals surface area (Å²) in [5.41, 5.74) is 5.67. The zero-order chi connectivity index (χ0) is 11.8. The van der Waals surface area contributed by atoms with E-state index in [0.717, 1.165) is 12.8 Å². The van der Waals surface area contributed by atoms with Gasteiger partial charge >= 0.3 is 5.97 Å². The first kappa shape index (κ1) is 14.1. The van der Waals surface area contributed by atoms with Crippen LogP contribution in [0.15, 0.2) is 0 Å². The van der Waals surface area contributed by atoms with Crippen molar-refractivity contribution in [2.75, 3.05) is 0 Å². The summed E-state index contributed by atoms with van der Waals surface area (Å²) in [6.07, 6.45) is 3.01. The van der Waals surface area contributed by atoms with Crippen molar-refractivity contribution >= 4 is 12.3 Å². The van der Waals surface area contributed by atoms with Crippen LogP contribution in [0, 0.1) is 5.92 Å². The van der Waals surface area contributed by atoms with Crippen molar-refractivity contribution in [1.82, 2.24) is 0 Å². The monoisotopic (exact) mass is 214 g/mol. The normalized spacial score (nSPS) is 16.5. The molecule has 87 valence electrons. The predicted octanol–water partition coefficient (Wildman–Crippen LogP) is 1.18. The van der Waals surface area contributed by atoms with Crippen molar-refractivity contribution in [3.05, 3.63) is 0 Å². The van der Waals surface area contributed by atoms with E-state index in [2.05, 4.69) is 0 Å². The predicted molar refractivity (Wildman–Crippen MR) is 57.9 cm³/mol. The first-order chi connectivity index (χ1) is 7.06. The van der Waals surface area contributed by atoms with E-state index in [1.807, 2.05) is 20.8 Å². The van der Waals surface area contributed by atoms with Gasteiger partial charge in [-0.05, 0) is 12.3 Å². The minimum Gasteiger partial charge on any atom is -0.453 e. The quantitative estimate of drug-likeness (QED) is 0.646. The summed E-state index contributed by atoms with van der Waals surface area (Å²) in [5.74, 6) is -0.447. The molecule has 0 spiro atoms. The van der Waals surface area contributed by atoms with Crippen LogP contribution in [0.4, 0.5) is 0 Å². The van der Waals surface area contributed by atoms with Crippen LogP contribution < -0.4 is 5.73 Å². The van der Waals surface area contributed by atoms with E-state index in [1.165, 1.54) is 0 Å². The molecule has 0 aliphatic rings. The van der Waals surface area contributed by atoms with Gasteiger partial charge in [0, 0.05) is 0 Å². The standard InChI is InChI=1S/C11H20NO3/c1-4-6-9(7-13)15-11(14)10(12)8(3)5-2/h8-10H,4-6,12H2,1-3H3/t8?,9?,10-/m0/s1. The second-order valence-corrected chi connectivity index (χ2v) is 3.74. The van der Waals surface area contributed by atoms with Gasteiger partial charge in [-0.3, -0.25) is 9.59 Å². The van der Waals surface area contributed by atoms with Crippen molar-refractivity contribution in [2.45, 2.75) is 52.2 Å². The molecule has 0 fully saturated rings. The molecule has 0 aromatic carbocycles. The maximum Gasteiger partial charge on any atom is 0.323 e. The molecule has 0 aromatic rings. The molecular weight excluding hydrogens is 194 g/mol. The maximum absolute atomic E-state index is 11.5. The Morgan fingerprint density at radius 1 is 1.47 bits per heavy atom. The molecule has 1 radical (unpaired) electrons. The van der Waals surface area contributed by atoms with Crippen molar-refractivity contribution in [3.63, 3.8) is 0 Å². The highest BCUT2D eigenvalue weighted by molar-refractivity contribution is 5.78.